The van der Waals surface area contributed by atoms with Crippen LogP contribution in [-0.2, 0) is 4.79 Å². The van der Waals surface area contributed by atoms with Gasteiger partial charge in [0.2, 0.25) is 0 Å². The highest BCUT2D eigenvalue weighted by atomic mass is 16.4. The fourth-order valence-corrected chi connectivity index (χ4v) is 1.74. The second kappa shape index (κ2) is 5.05. The number of nitrogens with zero attached hydrogens (tertiary/aromatic N) is 3. The SMILES string of the molecule is CC(C)[C@@H](NC(=O)c1cnn2ncccc12)C(=O)O. The van der Waals surface area contributed by atoms with E-state index in [1.807, 2.05) is 0 Å². The normalized spacial score (nSPS) is 12.6. The molecule has 7 heteroatoms. The molecule has 0 saturated heterocycles. The average Bonchev–Trinajstić information content (AvgIpc) is 2.78. The van der Waals surface area contributed by atoms with E-state index in [4.69, 9.17) is 5.11 Å². The van der Waals surface area contributed by atoms with Gasteiger partial charge in [-0.3, -0.25) is 4.79 Å². The predicted molar refractivity (Wildman–Crippen MR) is 66.7 cm³/mol. The summed E-state index contributed by atoms with van der Waals surface area (Å²) >= 11 is 0. The Morgan fingerprint density at radius 3 is 2.74 bits per heavy atom. The fourth-order valence-electron chi connectivity index (χ4n) is 1.74. The summed E-state index contributed by atoms with van der Waals surface area (Å²) in [6.45, 7) is 3.47. The first kappa shape index (κ1) is 13.0. The van der Waals surface area contributed by atoms with Gasteiger partial charge in [0, 0.05) is 6.20 Å². The summed E-state index contributed by atoms with van der Waals surface area (Å²) in [5, 5.41) is 19.4. The van der Waals surface area contributed by atoms with E-state index in [0.717, 1.165) is 0 Å². The van der Waals surface area contributed by atoms with Gasteiger partial charge in [0.15, 0.2) is 0 Å². The van der Waals surface area contributed by atoms with E-state index in [9.17, 15) is 9.59 Å². The smallest absolute Gasteiger partial charge is 0.326 e. The van der Waals surface area contributed by atoms with Crippen molar-refractivity contribution in [3.05, 3.63) is 30.1 Å². The Bertz CT molecular complexity index is 620. The monoisotopic (exact) mass is 262 g/mol. The van der Waals surface area contributed by atoms with Crippen molar-refractivity contribution in [1.82, 2.24) is 20.1 Å². The number of amides is 1. The van der Waals surface area contributed by atoms with Crippen molar-refractivity contribution in [3.8, 4) is 0 Å². The molecule has 0 bridgehead atoms. The number of carboxylic acids is 1. The standard InChI is InChI=1S/C12H14N4O3/c1-7(2)10(12(18)19)15-11(17)8-6-14-16-9(8)4-3-5-13-16/h3-7,10H,1-2H3,(H,15,17)(H,18,19)/t10-/m1/s1. The van der Waals surface area contributed by atoms with Crippen LogP contribution < -0.4 is 5.32 Å². The molecule has 0 fully saturated rings. The molecule has 1 atom stereocenters. The Morgan fingerprint density at radius 1 is 1.37 bits per heavy atom. The van der Waals surface area contributed by atoms with Crippen LogP contribution in [0.4, 0.5) is 0 Å². The summed E-state index contributed by atoms with van der Waals surface area (Å²) in [4.78, 5) is 23.1. The van der Waals surface area contributed by atoms with Gasteiger partial charge in [-0.1, -0.05) is 13.8 Å². The van der Waals surface area contributed by atoms with E-state index in [-0.39, 0.29) is 5.92 Å². The third kappa shape index (κ3) is 2.54. The molecule has 0 unspecified atom stereocenters. The zero-order chi connectivity index (χ0) is 14.0. The minimum atomic E-state index is -1.06. The number of carboxylic acid groups (broad SMARTS) is 1. The highest BCUT2D eigenvalue weighted by Crippen LogP contribution is 2.10. The van der Waals surface area contributed by atoms with Gasteiger partial charge in [-0.25, -0.2) is 4.79 Å². The maximum absolute atomic E-state index is 12.1. The lowest BCUT2D eigenvalue weighted by Crippen LogP contribution is -2.44. The Labute approximate surface area is 109 Å². The lowest BCUT2D eigenvalue weighted by molar-refractivity contribution is -0.140. The quantitative estimate of drug-likeness (QED) is 0.839. The van der Waals surface area contributed by atoms with Crippen LogP contribution in [0.15, 0.2) is 24.5 Å². The minimum absolute atomic E-state index is 0.207. The van der Waals surface area contributed by atoms with Crippen LogP contribution in [0, 0.1) is 5.92 Å². The molecule has 2 N–H and O–H groups in total. The molecule has 0 aliphatic carbocycles. The van der Waals surface area contributed by atoms with E-state index >= 15 is 0 Å². The van der Waals surface area contributed by atoms with Crippen molar-refractivity contribution < 1.29 is 14.7 Å². The molecule has 19 heavy (non-hydrogen) atoms. The van der Waals surface area contributed by atoms with Crippen LogP contribution in [0.2, 0.25) is 0 Å². The van der Waals surface area contributed by atoms with Crippen LogP contribution in [0.5, 0.6) is 0 Å². The molecule has 0 aliphatic rings. The topological polar surface area (TPSA) is 96.6 Å². The van der Waals surface area contributed by atoms with E-state index in [0.29, 0.717) is 11.1 Å². The lowest BCUT2D eigenvalue weighted by Gasteiger charge is -2.17. The van der Waals surface area contributed by atoms with Crippen LogP contribution in [0.3, 0.4) is 0 Å². The molecule has 2 aromatic heterocycles. The second-order valence-electron chi connectivity index (χ2n) is 4.49. The Morgan fingerprint density at radius 2 is 2.11 bits per heavy atom. The molecule has 100 valence electrons. The zero-order valence-corrected chi connectivity index (χ0v) is 10.6. The number of hydrogen-bond acceptors (Lipinski definition) is 4. The van der Waals surface area contributed by atoms with E-state index in [1.54, 1.807) is 32.2 Å². The largest absolute Gasteiger partial charge is 0.480 e. The zero-order valence-electron chi connectivity index (χ0n) is 10.6. The summed E-state index contributed by atoms with van der Waals surface area (Å²) in [5.74, 6) is -1.73. The average molecular weight is 262 g/mol. The molecule has 7 nitrogen and oxygen atoms in total. The van der Waals surface area contributed by atoms with Crippen molar-refractivity contribution in [2.24, 2.45) is 5.92 Å². The number of carbonyl (C=O) groups is 2. The predicted octanol–water partition coefficient (Wildman–Crippen LogP) is 0.568. The highest BCUT2D eigenvalue weighted by Gasteiger charge is 2.25. The molecule has 1 amide bonds. The first-order valence-electron chi connectivity index (χ1n) is 5.83. The molecule has 0 saturated carbocycles. The van der Waals surface area contributed by atoms with Crippen molar-refractivity contribution in [3.63, 3.8) is 0 Å². The van der Waals surface area contributed by atoms with Gasteiger partial charge in [-0.2, -0.15) is 14.8 Å². The van der Waals surface area contributed by atoms with Crippen LogP contribution >= 0.6 is 0 Å². The van der Waals surface area contributed by atoms with Crippen molar-refractivity contribution in [2.75, 3.05) is 0 Å². The number of aliphatic carboxylic acids is 1. The first-order valence-corrected chi connectivity index (χ1v) is 5.83. The van der Waals surface area contributed by atoms with E-state index in [1.165, 1.54) is 10.8 Å². The van der Waals surface area contributed by atoms with Gasteiger partial charge >= 0.3 is 5.97 Å². The molecule has 2 rings (SSSR count). The van der Waals surface area contributed by atoms with Crippen molar-refractivity contribution in [2.45, 2.75) is 19.9 Å². The highest BCUT2D eigenvalue weighted by molar-refractivity contribution is 6.02. The molecule has 0 spiro atoms. The summed E-state index contributed by atoms with van der Waals surface area (Å²) in [6.07, 6.45) is 2.92. The van der Waals surface area contributed by atoms with E-state index in [2.05, 4.69) is 15.5 Å². The van der Waals surface area contributed by atoms with Gasteiger partial charge in [0.25, 0.3) is 5.91 Å². The summed E-state index contributed by atoms with van der Waals surface area (Å²) in [6, 6.07) is 2.45. The lowest BCUT2D eigenvalue weighted by atomic mass is 10.0. The van der Waals surface area contributed by atoms with Crippen LogP contribution in [0.1, 0.15) is 24.2 Å². The number of hydrogen-bond donors (Lipinski definition) is 2. The van der Waals surface area contributed by atoms with Crippen LogP contribution in [-0.4, -0.2) is 37.9 Å². The maximum Gasteiger partial charge on any atom is 0.326 e. The maximum atomic E-state index is 12.1. The Hall–Kier alpha value is -2.44. The molecule has 2 heterocycles. The molecular formula is C12H14N4O3. The number of nitrogens with one attached hydrogen (secondary N) is 1. The number of fused-ring (bicyclic) bond motifs is 1. The number of carbonyl (C=O) groups excluding carboxylic acids is 1. The van der Waals surface area contributed by atoms with Gasteiger partial charge < -0.3 is 10.4 Å². The molecule has 0 radical (unpaired) electrons. The van der Waals surface area contributed by atoms with Gasteiger partial charge in [0.05, 0.1) is 11.8 Å². The number of rotatable bonds is 4. The van der Waals surface area contributed by atoms with Gasteiger partial charge in [0.1, 0.15) is 11.6 Å². The summed E-state index contributed by atoms with van der Waals surface area (Å²) in [7, 11) is 0. The van der Waals surface area contributed by atoms with Crippen molar-refractivity contribution in [1.29, 1.82) is 0 Å². The fraction of sp³-hybridized carbons (Fsp3) is 0.333. The third-order valence-electron chi connectivity index (χ3n) is 2.77. The third-order valence-corrected chi connectivity index (χ3v) is 2.77. The van der Waals surface area contributed by atoms with Gasteiger partial charge in [-0.15, -0.1) is 0 Å². The van der Waals surface area contributed by atoms with Crippen molar-refractivity contribution >= 4 is 17.4 Å². The summed E-state index contributed by atoms with van der Waals surface area (Å²) < 4.78 is 1.32. The minimum Gasteiger partial charge on any atom is -0.480 e. The molecule has 2 aromatic rings. The summed E-state index contributed by atoms with van der Waals surface area (Å²) in [5.41, 5.74) is 0.841. The second-order valence-corrected chi connectivity index (χ2v) is 4.49. The molecular weight excluding hydrogens is 248 g/mol. The Kier molecular flexibility index (Phi) is 3.46. The number of aromatic nitrogens is 3. The van der Waals surface area contributed by atoms with Gasteiger partial charge in [-0.05, 0) is 18.1 Å². The molecule has 0 aromatic carbocycles. The van der Waals surface area contributed by atoms with Crippen LogP contribution in [0.25, 0.3) is 5.52 Å². The first-order chi connectivity index (χ1) is 9.00. The molecule has 0 aliphatic heterocycles. The van der Waals surface area contributed by atoms with E-state index < -0.39 is 17.9 Å². The Balaban J connectivity index is 2.27.